The number of ether oxygens (including phenoxy) is 2. The molecule has 8 aromatic carbocycles. The van der Waals surface area contributed by atoms with Gasteiger partial charge in [0.05, 0.1) is 33.8 Å². The Morgan fingerprint density at radius 2 is 0.957 bits per heavy atom. The van der Waals surface area contributed by atoms with E-state index in [2.05, 4.69) is 0 Å². The maximum atomic E-state index is 13.7. The fourth-order valence-corrected chi connectivity index (χ4v) is 26.8. The Bertz CT molecular complexity index is 6000. The molecular weight excluding hydrogens is 1650 g/mol. The number of ketones is 3. The summed E-state index contributed by atoms with van der Waals surface area (Å²) in [4.78, 5) is 85.8. The van der Waals surface area contributed by atoms with Gasteiger partial charge in [-0.3, -0.25) is 28.8 Å². The van der Waals surface area contributed by atoms with Crippen molar-refractivity contribution >= 4 is 183 Å². The van der Waals surface area contributed by atoms with Gasteiger partial charge in [0.1, 0.15) is 35.7 Å². The van der Waals surface area contributed by atoms with Crippen LogP contribution < -0.4 is 19.4 Å². The number of amides is 3. The fourth-order valence-electron chi connectivity index (χ4n) is 17.1. The van der Waals surface area contributed by atoms with Crippen LogP contribution in [0, 0.1) is 17.8 Å². The zero-order valence-corrected chi connectivity index (χ0v) is 70.9. The van der Waals surface area contributed by atoms with E-state index in [1.807, 2.05) is 126 Å². The second-order valence-electron chi connectivity index (χ2n) is 29.9. The van der Waals surface area contributed by atoms with Crippen LogP contribution in [0.3, 0.4) is 0 Å². The normalized spacial score (nSPS) is 18.2. The van der Waals surface area contributed by atoms with E-state index in [9.17, 15) is 54.0 Å². The molecule has 0 N–H and O–H groups in total. The Morgan fingerprint density at radius 3 is 1.44 bits per heavy atom. The number of methoxy groups -OCH3 is 2. The van der Waals surface area contributed by atoms with Gasteiger partial charge in [-0.15, -0.1) is 34.0 Å². The van der Waals surface area contributed by atoms with Crippen LogP contribution in [0.2, 0.25) is 14.4 Å². The molecule has 2 saturated heterocycles. The highest BCUT2D eigenvalue weighted by molar-refractivity contribution is 7.94. The summed E-state index contributed by atoms with van der Waals surface area (Å²) in [6, 6.07) is 51.5. The van der Waals surface area contributed by atoms with Gasteiger partial charge in [-0.2, -0.15) is 8.61 Å². The minimum absolute atomic E-state index is 0.00972. The molecule has 6 aliphatic rings. The van der Waals surface area contributed by atoms with Gasteiger partial charge in [-0.25, -0.2) is 25.3 Å². The second-order valence-corrected chi connectivity index (χ2v) is 41.1. The Kier molecular flexibility index (Phi) is 25.0. The Balaban J connectivity index is 0.000000137. The molecule has 3 fully saturated rings. The van der Waals surface area contributed by atoms with Crippen LogP contribution in [0.25, 0.3) is 32.3 Å². The summed E-state index contributed by atoms with van der Waals surface area (Å²) in [6.07, 6.45) is 7.89. The molecule has 0 bridgehead atoms. The van der Waals surface area contributed by atoms with E-state index in [4.69, 9.17) is 44.3 Å². The second kappa shape index (κ2) is 35.2. The lowest BCUT2D eigenvalue weighted by Gasteiger charge is -2.31. The van der Waals surface area contributed by atoms with Crippen molar-refractivity contribution in [2.75, 3.05) is 81.3 Å². The molecule has 17 rings (SSSR count). The molecule has 0 spiro atoms. The first-order valence-electron chi connectivity index (χ1n) is 38.7. The molecule has 5 aliphatic heterocycles. The quantitative estimate of drug-likeness (QED) is 0.0458. The minimum Gasteiger partial charge on any atom is -0.497 e. The molecule has 3 aromatic heterocycles. The lowest BCUT2D eigenvalue weighted by atomic mass is 9.83. The van der Waals surface area contributed by atoms with E-state index in [1.165, 1.54) is 37.4 Å². The predicted molar refractivity (Wildman–Crippen MR) is 460 cm³/mol. The Morgan fingerprint density at radius 1 is 0.474 bits per heavy atom. The maximum absolute atomic E-state index is 13.7. The van der Waals surface area contributed by atoms with Crippen molar-refractivity contribution in [2.45, 2.75) is 108 Å². The van der Waals surface area contributed by atoms with Crippen molar-refractivity contribution in [3.05, 3.63) is 240 Å². The molecule has 28 heteroatoms. The van der Waals surface area contributed by atoms with Crippen molar-refractivity contribution < 1.29 is 63.5 Å². The van der Waals surface area contributed by atoms with E-state index in [-0.39, 0.29) is 83.5 Å². The van der Waals surface area contributed by atoms with Crippen LogP contribution in [0.1, 0.15) is 117 Å². The molecule has 0 radical (unpaired) electrons. The number of halogens is 3. The number of sulfone groups is 1. The number of nitrogens with zero attached hydrogens (tertiary/aromatic N) is 5. The van der Waals surface area contributed by atoms with Crippen LogP contribution in [0.5, 0.6) is 5.75 Å². The van der Waals surface area contributed by atoms with E-state index in [0.29, 0.717) is 130 Å². The average molecular weight is 1730 g/mol. The van der Waals surface area contributed by atoms with Gasteiger partial charge in [0.25, 0.3) is 37.8 Å². The molecule has 1 aliphatic carbocycles. The van der Waals surface area contributed by atoms with Crippen LogP contribution in [0.4, 0.5) is 17.1 Å². The van der Waals surface area contributed by atoms with Crippen LogP contribution in [-0.4, -0.2) is 141 Å². The topological polar surface area (TPSA) is 239 Å². The molecule has 11 aromatic rings. The minimum atomic E-state index is -3.69. The molecule has 3 amide bonds. The SMILES string of the molecule is COCCCN1C(=O)c2cccc3c(CC(=O)C4CCCN(S(=O)(=O)c5cccs5)C4)ccc1c23.COc1ccc(CCN2C(=O)c3cccc4c(CC(=O)C5CCCN(S(=O)(=O)c6ccc(Cl)s6)C5)ccc2c34)cc1.O=C(Cc1ccc2c3c(cccc13)C(=O)N2CCc1ccc(Cl)cc1Cl)C1CCCCC1S(=O)(=O)c1cccs1. The molecule has 1 saturated carbocycles. The Hall–Kier alpha value is -8.54. The largest absolute Gasteiger partial charge is 0.497 e. The predicted octanol–water partition coefficient (Wildman–Crippen LogP) is 17.6. The smallest absolute Gasteiger partial charge is 0.259 e. The van der Waals surface area contributed by atoms with Crippen molar-refractivity contribution in [3.63, 3.8) is 0 Å². The van der Waals surface area contributed by atoms with Crippen LogP contribution in [-0.2, 0) is 81.1 Å². The lowest BCUT2D eigenvalue weighted by Crippen LogP contribution is -2.42. The summed E-state index contributed by atoms with van der Waals surface area (Å²) in [5.74, 6) is -0.614. The number of piperidine rings is 2. The van der Waals surface area contributed by atoms with Gasteiger partial charge in [-0.1, -0.05) is 133 Å². The Labute approximate surface area is 701 Å². The average Bonchev–Trinajstić information content (AvgIpc) is 1.59. The van der Waals surface area contributed by atoms with Gasteiger partial charge in [0.15, 0.2) is 9.84 Å². The maximum Gasteiger partial charge on any atom is 0.259 e. The molecular formula is C88H84Cl3N5O14S6. The molecule has 4 unspecified atom stereocenters. The van der Waals surface area contributed by atoms with Crippen molar-refractivity contribution in [2.24, 2.45) is 17.8 Å². The monoisotopic (exact) mass is 1730 g/mol. The van der Waals surface area contributed by atoms with E-state index >= 15 is 0 Å². The first kappa shape index (κ1) is 82.6. The van der Waals surface area contributed by atoms with E-state index < -0.39 is 41.1 Å². The highest BCUT2D eigenvalue weighted by Crippen LogP contribution is 2.45. The number of hydrogen-bond donors (Lipinski definition) is 0. The molecule has 4 atom stereocenters. The number of sulfonamides is 2. The molecule has 116 heavy (non-hydrogen) atoms. The number of thiophene rings is 3. The standard InChI is InChI=1S/C31H27Cl2NO4S2.C31H29ClN2O5S2.C26H28N2O5S2/c32-21-12-10-19(25(33)18-21)14-15-34-26-13-11-20(22-6-3-7-24(30(22)26)31(34)36)17-27(35)23-5-1-2-8-28(23)40(37,38)29-9-4-16-39-29;1-39-23-10-7-20(8-11-23)15-17-34-26-12-9-21(24-5-2-6-25(30(24)26)31(34)36)18-27(35)22-4-3-16-33(19-22)41(37,38)29-14-13-28(32)40-29;1-33-14-5-13-28-22-11-10-18(20-7-2-8-21(25(20)22)26(28)30)16-23(29)19-6-3-12-27(17-19)35(31,32)24-9-4-15-34-24/h3-4,6-7,9-13,16,18,23,28H,1-2,5,8,14-15,17H2;2,5-14,22H,3-4,15-19H2,1H3;2,4,7-11,15,19H,3,5-6,12-14,16-17H2,1H3. The third kappa shape index (κ3) is 16.7. The highest BCUT2D eigenvalue weighted by Gasteiger charge is 2.43. The fraction of sp³-hybridized carbons (Fsp3) is 0.318. The highest BCUT2D eigenvalue weighted by atomic mass is 35.5. The summed E-state index contributed by atoms with van der Waals surface area (Å²) in [5.41, 5.74) is 9.03. The van der Waals surface area contributed by atoms with E-state index in [0.717, 1.165) is 114 Å². The van der Waals surface area contributed by atoms with Gasteiger partial charge < -0.3 is 24.2 Å². The summed E-state index contributed by atoms with van der Waals surface area (Å²) < 4.78 is 93.5. The van der Waals surface area contributed by atoms with Gasteiger partial charge >= 0.3 is 0 Å². The van der Waals surface area contributed by atoms with Gasteiger partial charge in [-0.05, 0) is 197 Å². The zero-order chi connectivity index (χ0) is 81.3. The number of carbonyl (C=O) groups excluding carboxylic acids is 6. The van der Waals surface area contributed by atoms with Crippen molar-refractivity contribution in [3.8, 4) is 5.75 Å². The third-order valence-corrected chi connectivity index (χ3v) is 34.1. The summed E-state index contributed by atoms with van der Waals surface area (Å²) in [7, 11) is -7.55. The number of hydrogen-bond acceptors (Lipinski definition) is 17. The number of anilines is 3. The molecule has 19 nitrogen and oxygen atoms in total. The molecule has 8 heterocycles. The number of Topliss-reactive ketones (excluding diaryl/α,β-unsaturated/α-hetero) is 3. The van der Waals surface area contributed by atoms with Gasteiger partial charge in [0, 0.05) is 139 Å². The zero-order valence-electron chi connectivity index (χ0n) is 63.7. The summed E-state index contributed by atoms with van der Waals surface area (Å²) >= 11 is 21.8. The first-order valence-corrected chi connectivity index (χ1v) is 46.9. The summed E-state index contributed by atoms with van der Waals surface area (Å²) in [5, 5.41) is 9.21. The number of rotatable bonds is 26. The summed E-state index contributed by atoms with van der Waals surface area (Å²) in [6.45, 7) is 3.34. The number of benzene rings is 8. The van der Waals surface area contributed by atoms with Crippen LogP contribution >= 0.6 is 68.8 Å². The third-order valence-electron chi connectivity index (χ3n) is 23.1. The van der Waals surface area contributed by atoms with Crippen molar-refractivity contribution in [1.82, 2.24) is 8.61 Å². The lowest BCUT2D eigenvalue weighted by molar-refractivity contribution is -0.124. The van der Waals surface area contributed by atoms with E-state index in [1.54, 1.807) is 77.2 Å². The van der Waals surface area contributed by atoms with Crippen molar-refractivity contribution in [1.29, 1.82) is 0 Å². The number of carbonyl (C=O) groups is 6. The van der Waals surface area contributed by atoms with Crippen LogP contribution in [0.15, 0.2) is 193 Å². The molecule has 602 valence electrons. The van der Waals surface area contributed by atoms with Gasteiger partial charge in [0.2, 0.25) is 0 Å². The first-order chi connectivity index (χ1) is 55.9.